The third-order valence-electron chi connectivity index (χ3n) is 4.20. The first-order valence-corrected chi connectivity index (χ1v) is 9.56. The summed E-state index contributed by atoms with van der Waals surface area (Å²) in [5.41, 5.74) is 1.08. The van der Waals surface area contributed by atoms with E-state index in [1.807, 2.05) is 0 Å². The number of amides is 2. The quantitative estimate of drug-likeness (QED) is 0.608. The van der Waals surface area contributed by atoms with Crippen LogP contribution in [0.15, 0.2) is 35.2 Å². The van der Waals surface area contributed by atoms with E-state index in [1.54, 1.807) is 18.2 Å². The van der Waals surface area contributed by atoms with Gasteiger partial charge >= 0.3 is 0 Å². The van der Waals surface area contributed by atoms with Crippen LogP contribution in [0.2, 0.25) is 5.02 Å². The van der Waals surface area contributed by atoms with E-state index in [2.05, 4.69) is 0 Å². The lowest BCUT2D eigenvalue weighted by Crippen LogP contribution is -2.27. The number of hydrogen-bond donors (Lipinski definition) is 0. The minimum absolute atomic E-state index is 0.0453. The third-order valence-corrected chi connectivity index (χ3v) is 5.46. The molecule has 1 aliphatic heterocycles. The second-order valence-electron chi connectivity index (χ2n) is 5.96. The maximum Gasteiger partial charge on any atom is 0.293 e. The summed E-state index contributed by atoms with van der Waals surface area (Å²) >= 11 is 6.82. The molecule has 1 aliphatic rings. The van der Waals surface area contributed by atoms with Gasteiger partial charge in [0.2, 0.25) is 5.75 Å². The highest BCUT2D eigenvalue weighted by molar-refractivity contribution is 8.18. The molecular formula is C20H17ClFNO5S. The molecule has 0 spiro atoms. The zero-order chi connectivity index (χ0) is 21.1. The molecule has 0 saturated carbocycles. The number of carbonyl (C=O) groups is 2. The number of methoxy groups -OCH3 is 3. The van der Waals surface area contributed by atoms with Gasteiger partial charge in [0.05, 0.1) is 32.8 Å². The number of benzene rings is 2. The van der Waals surface area contributed by atoms with Crippen LogP contribution < -0.4 is 14.2 Å². The molecule has 0 bridgehead atoms. The highest BCUT2D eigenvalue weighted by Crippen LogP contribution is 2.40. The van der Waals surface area contributed by atoms with Gasteiger partial charge in [-0.05, 0) is 53.2 Å². The zero-order valence-electron chi connectivity index (χ0n) is 15.8. The maximum atomic E-state index is 13.2. The Morgan fingerprint density at radius 1 is 1.07 bits per heavy atom. The van der Waals surface area contributed by atoms with Crippen LogP contribution in [0.25, 0.3) is 6.08 Å². The van der Waals surface area contributed by atoms with Crippen LogP contribution in [0.3, 0.4) is 0 Å². The Morgan fingerprint density at radius 2 is 1.72 bits per heavy atom. The standard InChI is InChI=1S/C20H17ClFNO5S/c1-26-15-6-11(7-16(27-2)18(15)28-3)8-17-19(24)23(20(25)29-17)10-12-4-5-13(22)9-14(12)21/h4-9H,10H2,1-3H3/b17-8-. The van der Waals surface area contributed by atoms with Crippen molar-refractivity contribution < 1.29 is 28.2 Å². The summed E-state index contributed by atoms with van der Waals surface area (Å²) in [5.74, 6) is 0.321. The van der Waals surface area contributed by atoms with Crippen molar-refractivity contribution >= 4 is 40.6 Å². The van der Waals surface area contributed by atoms with Gasteiger partial charge in [0.15, 0.2) is 11.5 Å². The number of thioether (sulfide) groups is 1. The second-order valence-corrected chi connectivity index (χ2v) is 7.36. The van der Waals surface area contributed by atoms with E-state index in [0.717, 1.165) is 22.7 Å². The smallest absolute Gasteiger partial charge is 0.293 e. The average molecular weight is 438 g/mol. The lowest BCUT2D eigenvalue weighted by atomic mass is 10.1. The highest BCUT2D eigenvalue weighted by atomic mass is 35.5. The van der Waals surface area contributed by atoms with E-state index in [-0.39, 0.29) is 16.5 Å². The first kappa shape index (κ1) is 21.0. The Balaban J connectivity index is 1.90. The lowest BCUT2D eigenvalue weighted by molar-refractivity contribution is -0.123. The fourth-order valence-corrected chi connectivity index (χ4v) is 3.86. The van der Waals surface area contributed by atoms with Crippen LogP contribution in [0.4, 0.5) is 9.18 Å². The Morgan fingerprint density at radius 3 is 2.28 bits per heavy atom. The molecule has 0 radical (unpaired) electrons. The summed E-state index contributed by atoms with van der Waals surface area (Å²) in [6.07, 6.45) is 1.57. The van der Waals surface area contributed by atoms with Crippen LogP contribution in [-0.2, 0) is 11.3 Å². The van der Waals surface area contributed by atoms with Crippen molar-refractivity contribution in [3.63, 3.8) is 0 Å². The zero-order valence-corrected chi connectivity index (χ0v) is 17.4. The molecule has 1 fully saturated rings. The fourth-order valence-electron chi connectivity index (χ4n) is 2.79. The summed E-state index contributed by atoms with van der Waals surface area (Å²) in [4.78, 5) is 26.4. The first-order chi connectivity index (χ1) is 13.9. The van der Waals surface area contributed by atoms with E-state index >= 15 is 0 Å². The minimum Gasteiger partial charge on any atom is -0.493 e. The van der Waals surface area contributed by atoms with Crippen molar-refractivity contribution in [1.82, 2.24) is 4.90 Å². The van der Waals surface area contributed by atoms with Crippen molar-refractivity contribution in [3.8, 4) is 17.2 Å². The van der Waals surface area contributed by atoms with E-state index in [0.29, 0.717) is 28.4 Å². The van der Waals surface area contributed by atoms with Crippen molar-refractivity contribution in [1.29, 1.82) is 0 Å². The summed E-state index contributed by atoms with van der Waals surface area (Å²) in [5, 5.41) is -0.285. The summed E-state index contributed by atoms with van der Waals surface area (Å²) < 4.78 is 29.1. The predicted molar refractivity (Wildman–Crippen MR) is 109 cm³/mol. The van der Waals surface area contributed by atoms with Crippen LogP contribution >= 0.6 is 23.4 Å². The number of hydrogen-bond acceptors (Lipinski definition) is 6. The molecule has 0 aromatic heterocycles. The molecule has 1 saturated heterocycles. The van der Waals surface area contributed by atoms with Crippen LogP contribution in [0.1, 0.15) is 11.1 Å². The molecule has 9 heteroatoms. The number of carbonyl (C=O) groups excluding carboxylic acids is 2. The Hall–Kier alpha value is -2.71. The summed E-state index contributed by atoms with van der Waals surface area (Å²) in [7, 11) is 4.47. The molecule has 0 N–H and O–H groups in total. The van der Waals surface area contributed by atoms with E-state index in [1.165, 1.54) is 33.5 Å². The maximum absolute atomic E-state index is 13.2. The molecule has 0 aliphatic carbocycles. The van der Waals surface area contributed by atoms with Gasteiger partial charge in [-0.15, -0.1) is 0 Å². The average Bonchev–Trinajstić information content (AvgIpc) is 2.96. The van der Waals surface area contributed by atoms with Gasteiger partial charge in [-0.1, -0.05) is 17.7 Å². The topological polar surface area (TPSA) is 65.1 Å². The fraction of sp³-hybridized carbons (Fsp3) is 0.200. The van der Waals surface area contributed by atoms with E-state index in [4.69, 9.17) is 25.8 Å². The molecular weight excluding hydrogens is 421 g/mol. The van der Waals surface area contributed by atoms with Gasteiger partial charge in [0.25, 0.3) is 11.1 Å². The molecule has 0 unspecified atom stereocenters. The molecule has 2 amide bonds. The number of imide groups is 1. The van der Waals surface area contributed by atoms with Gasteiger partial charge in [0.1, 0.15) is 5.82 Å². The second kappa shape index (κ2) is 8.75. The van der Waals surface area contributed by atoms with E-state index in [9.17, 15) is 14.0 Å². The van der Waals surface area contributed by atoms with E-state index < -0.39 is 17.0 Å². The van der Waals surface area contributed by atoms with Crippen molar-refractivity contribution in [2.45, 2.75) is 6.54 Å². The van der Waals surface area contributed by atoms with Crippen LogP contribution in [-0.4, -0.2) is 37.4 Å². The van der Waals surface area contributed by atoms with Gasteiger partial charge < -0.3 is 14.2 Å². The molecule has 6 nitrogen and oxygen atoms in total. The molecule has 1 heterocycles. The minimum atomic E-state index is -0.491. The molecule has 29 heavy (non-hydrogen) atoms. The molecule has 2 aromatic rings. The van der Waals surface area contributed by atoms with Crippen LogP contribution in [0, 0.1) is 5.82 Å². The predicted octanol–water partition coefficient (Wildman–Crippen LogP) is 4.74. The Labute approximate surface area is 176 Å². The Kier molecular flexibility index (Phi) is 6.34. The summed E-state index contributed by atoms with van der Waals surface area (Å²) in [6, 6.07) is 7.16. The number of halogens is 2. The van der Waals surface area contributed by atoms with Crippen LogP contribution in [0.5, 0.6) is 17.2 Å². The SMILES string of the molecule is COc1cc(/C=C2\SC(=O)N(Cc3ccc(F)cc3Cl)C2=O)cc(OC)c1OC. The van der Waals surface area contributed by atoms with Gasteiger partial charge in [-0.3, -0.25) is 14.5 Å². The Bertz CT molecular complexity index is 985. The lowest BCUT2D eigenvalue weighted by Gasteiger charge is -2.14. The highest BCUT2D eigenvalue weighted by Gasteiger charge is 2.35. The van der Waals surface area contributed by atoms with Crippen molar-refractivity contribution in [2.75, 3.05) is 21.3 Å². The monoisotopic (exact) mass is 437 g/mol. The third kappa shape index (κ3) is 4.33. The summed E-state index contributed by atoms with van der Waals surface area (Å²) in [6.45, 7) is -0.0453. The van der Waals surface area contributed by atoms with Crippen molar-refractivity contribution in [3.05, 3.63) is 57.2 Å². The molecule has 3 rings (SSSR count). The van der Waals surface area contributed by atoms with Gasteiger partial charge in [0, 0.05) is 5.02 Å². The largest absolute Gasteiger partial charge is 0.493 e. The number of rotatable bonds is 6. The molecule has 2 aromatic carbocycles. The first-order valence-electron chi connectivity index (χ1n) is 8.37. The normalized spacial score (nSPS) is 15.2. The molecule has 0 atom stereocenters. The van der Waals surface area contributed by atoms with Gasteiger partial charge in [-0.2, -0.15) is 0 Å². The number of ether oxygens (including phenoxy) is 3. The molecule has 152 valence electrons. The van der Waals surface area contributed by atoms with Crippen molar-refractivity contribution in [2.24, 2.45) is 0 Å². The number of nitrogens with zero attached hydrogens (tertiary/aromatic N) is 1. The van der Waals surface area contributed by atoms with Gasteiger partial charge in [-0.25, -0.2) is 4.39 Å².